The molecule has 1 unspecified atom stereocenters. The normalized spacial score (nSPS) is 26.2. The molecule has 19 nitrogen and oxygen atoms in total. The molecule has 0 saturated carbocycles. The Morgan fingerprint density at radius 3 is 2.21 bits per heavy atom. The maximum atomic E-state index is 12.9. The number of aliphatic hydroxyl groups is 6. The van der Waals surface area contributed by atoms with Crippen LogP contribution < -0.4 is 11.2 Å². The van der Waals surface area contributed by atoms with Crippen molar-refractivity contribution in [2.75, 3.05) is 13.2 Å². The van der Waals surface area contributed by atoms with E-state index in [9.17, 15) is 54.2 Å². The molecule has 1 saturated heterocycles. The van der Waals surface area contributed by atoms with Crippen LogP contribution in [0.2, 0.25) is 0 Å². The van der Waals surface area contributed by atoms with Gasteiger partial charge in [0.2, 0.25) is 0 Å². The summed E-state index contributed by atoms with van der Waals surface area (Å²) in [7, 11) is -11.2. The number of nitrogens with zero attached hydrogens (tertiary/aromatic N) is 1. The van der Waals surface area contributed by atoms with Crippen molar-refractivity contribution in [2.24, 2.45) is 0 Å². The number of carbonyl (C=O) groups excluding carboxylic acids is 1. The third kappa shape index (κ3) is 10.3. The minimum atomic E-state index is -5.67. The SMILES string of the molecule is O=C[C@H](O)[C@@H](O)[C@@H](O)[C@@H](CO)OP(=O)(OC[C@H]1O[C@@H](n2ccc(=O)[nH]c2=O)[C@H](O)[C@@H]1O)OP(=O)(O)O.[NaH].[NaH]. The number of aliphatic hydroxyl groups excluding tert-OH is 6. The summed E-state index contributed by atoms with van der Waals surface area (Å²) < 4.78 is 43.5. The Morgan fingerprint density at radius 1 is 1.11 bits per heavy atom. The van der Waals surface area contributed by atoms with Crippen molar-refractivity contribution in [2.45, 2.75) is 49.0 Å². The number of aromatic nitrogens is 2. The molecule has 1 aromatic rings. The number of hydrogen-bond donors (Lipinski definition) is 9. The van der Waals surface area contributed by atoms with Crippen LogP contribution in [0.3, 0.4) is 0 Å². The summed E-state index contributed by atoms with van der Waals surface area (Å²) in [5.74, 6) is 0. The third-order valence-corrected chi connectivity index (χ3v) is 7.38. The zero-order valence-electron chi connectivity index (χ0n) is 17.9. The molecular formula is C15H26N2Na2O17P2. The van der Waals surface area contributed by atoms with Gasteiger partial charge in [0.15, 0.2) is 12.5 Å². The molecule has 2 rings (SSSR count). The zero-order valence-corrected chi connectivity index (χ0v) is 19.6. The monoisotopic (exact) mass is 614 g/mol. The van der Waals surface area contributed by atoms with Gasteiger partial charge >= 0.3 is 80.4 Å². The van der Waals surface area contributed by atoms with Crippen LogP contribution in [0.15, 0.2) is 21.9 Å². The molecule has 9 N–H and O–H groups in total. The Kier molecular flexibility index (Phi) is 16.2. The molecule has 1 aromatic heterocycles. The molecule has 0 bridgehead atoms. The number of phosphoric acid groups is 2. The van der Waals surface area contributed by atoms with Crippen molar-refractivity contribution in [3.8, 4) is 0 Å². The molecule has 0 radical (unpaired) electrons. The number of ether oxygens (including phenoxy) is 1. The van der Waals surface area contributed by atoms with Gasteiger partial charge < -0.3 is 50.0 Å². The van der Waals surface area contributed by atoms with Crippen LogP contribution in [0.25, 0.3) is 0 Å². The van der Waals surface area contributed by atoms with Gasteiger partial charge in [0.25, 0.3) is 5.56 Å². The number of nitrogens with one attached hydrogen (secondary N) is 1. The van der Waals surface area contributed by atoms with Crippen LogP contribution in [-0.4, -0.2) is 171 Å². The second kappa shape index (κ2) is 16.1. The van der Waals surface area contributed by atoms with E-state index >= 15 is 0 Å². The molecule has 1 fully saturated rings. The predicted octanol–water partition coefficient (Wildman–Crippen LogP) is -6.25. The minimum absolute atomic E-state index is 0. The van der Waals surface area contributed by atoms with Gasteiger partial charge in [0.1, 0.15) is 42.7 Å². The predicted molar refractivity (Wildman–Crippen MR) is 124 cm³/mol. The summed E-state index contributed by atoms with van der Waals surface area (Å²) in [4.78, 5) is 53.7. The average molecular weight is 614 g/mol. The molecule has 1 aliphatic rings. The first-order valence-electron chi connectivity index (χ1n) is 9.75. The van der Waals surface area contributed by atoms with Gasteiger partial charge in [-0.3, -0.25) is 23.4 Å². The fourth-order valence-electron chi connectivity index (χ4n) is 2.96. The van der Waals surface area contributed by atoms with Crippen LogP contribution in [0.1, 0.15) is 6.23 Å². The van der Waals surface area contributed by atoms with Crippen molar-refractivity contribution in [3.63, 3.8) is 0 Å². The van der Waals surface area contributed by atoms with E-state index in [4.69, 9.17) is 19.0 Å². The van der Waals surface area contributed by atoms with Crippen molar-refractivity contribution < 1.29 is 72.4 Å². The Bertz CT molecular complexity index is 1110. The molecule has 9 atom stereocenters. The second-order valence-electron chi connectivity index (χ2n) is 7.31. The molecule has 1 aliphatic heterocycles. The number of carbonyl (C=O) groups is 1. The number of aldehydes is 1. The van der Waals surface area contributed by atoms with Crippen LogP contribution in [0, 0.1) is 0 Å². The van der Waals surface area contributed by atoms with Gasteiger partial charge in [-0.05, 0) is 0 Å². The first-order chi connectivity index (χ1) is 16.6. The quantitative estimate of drug-likeness (QED) is 0.0567. The number of H-pyrrole nitrogens is 1. The van der Waals surface area contributed by atoms with Crippen molar-refractivity contribution in [3.05, 3.63) is 33.1 Å². The van der Waals surface area contributed by atoms with Gasteiger partial charge in [-0.15, -0.1) is 0 Å². The van der Waals surface area contributed by atoms with Gasteiger partial charge in [0.05, 0.1) is 13.2 Å². The van der Waals surface area contributed by atoms with E-state index in [1.54, 1.807) is 0 Å². The maximum absolute atomic E-state index is 12.9. The van der Waals surface area contributed by atoms with E-state index < -0.39 is 89.1 Å². The molecule has 23 heteroatoms. The first kappa shape index (κ1) is 38.3. The van der Waals surface area contributed by atoms with E-state index in [1.165, 1.54) is 0 Å². The summed E-state index contributed by atoms with van der Waals surface area (Å²) in [6.07, 6.45) is -15.3. The average Bonchev–Trinajstić information content (AvgIpc) is 3.07. The topological polar surface area (TPSA) is 305 Å². The summed E-state index contributed by atoms with van der Waals surface area (Å²) in [5.41, 5.74) is -1.81. The third-order valence-electron chi connectivity index (χ3n) is 4.73. The molecular weight excluding hydrogens is 588 g/mol. The molecule has 0 aliphatic carbocycles. The number of hydrogen-bond acceptors (Lipinski definition) is 15. The van der Waals surface area contributed by atoms with Crippen LogP contribution >= 0.6 is 15.6 Å². The number of phosphoric ester groups is 1. The number of rotatable bonds is 13. The van der Waals surface area contributed by atoms with Crippen LogP contribution in [0.5, 0.6) is 0 Å². The van der Waals surface area contributed by atoms with Crippen LogP contribution in [0.4, 0.5) is 0 Å². The van der Waals surface area contributed by atoms with Gasteiger partial charge in [-0.25, -0.2) is 13.9 Å². The summed E-state index contributed by atoms with van der Waals surface area (Å²) in [6.45, 7) is -2.40. The zero-order chi connectivity index (χ0) is 27.4. The van der Waals surface area contributed by atoms with E-state index in [2.05, 4.69) is 8.83 Å². The molecule has 38 heavy (non-hydrogen) atoms. The Morgan fingerprint density at radius 2 is 1.71 bits per heavy atom. The molecule has 0 spiro atoms. The van der Waals surface area contributed by atoms with E-state index in [1.807, 2.05) is 4.98 Å². The summed E-state index contributed by atoms with van der Waals surface area (Å²) in [5, 5.41) is 58.7. The Hall–Kier alpha value is 0.330. The van der Waals surface area contributed by atoms with Gasteiger partial charge in [0, 0.05) is 12.3 Å². The van der Waals surface area contributed by atoms with Gasteiger partial charge in [-0.1, -0.05) is 0 Å². The van der Waals surface area contributed by atoms with Crippen molar-refractivity contribution in [1.29, 1.82) is 0 Å². The van der Waals surface area contributed by atoms with Crippen LogP contribution in [-0.2, 0) is 32.0 Å². The molecule has 2 heterocycles. The Labute approximate surface area is 256 Å². The second-order valence-corrected chi connectivity index (χ2v) is 10.3. The number of aromatic amines is 1. The van der Waals surface area contributed by atoms with Crippen molar-refractivity contribution >= 4 is 81.0 Å². The first-order valence-corrected chi connectivity index (χ1v) is 12.7. The van der Waals surface area contributed by atoms with E-state index in [0.717, 1.165) is 12.3 Å². The van der Waals surface area contributed by atoms with E-state index in [-0.39, 0.29) is 65.4 Å². The standard InChI is InChI=1S/C15H24N2O17P2.2Na.2H/c18-3-6(20)10(22)11(23)7(4-19)33-36(30,34-35(27,28)29)31-5-8-12(24)13(25)14(32-8)17-2-1-9(21)16-15(17)26;;;;/h1-3,6-8,10-14,19-20,22-25H,4-5H2,(H,16,21,26)(H2,27,28,29);;;;/t6-,7+,8+,10+,11-,12+,13+,14+,36?;;;;/m0..../s1. The van der Waals surface area contributed by atoms with Crippen molar-refractivity contribution in [1.82, 2.24) is 9.55 Å². The fourth-order valence-corrected chi connectivity index (χ4v) is 5.26. The van der Waals surface area contributed by atoms with Gasteiger partial charge in [-0.2, -0.15) is 4.31 Å². The summed E-state index contributed by atoms with van der Waals surface area (Å²) in [6, 6.07) is 0.903. The fraction of sp³-hybridized carbons (Fsp3) is 0.667. The molecule has 210 valence electrons. The van der Waals surface area contributed by atoms with E-state index in [0.29, 0.717) is 4.57 Å². The Balaban J connectivity index is 0.00000684. The molecule has 0 aromatic carbocycles. The molecule has 0 amide bonds. The summed E-state index contributed by atoms with van der Waals surface area (Å²) >= 11 is 0.